The van der Waals surface area contributed by atoms with Gasteiger partial charge >= 0.3 is 0 Å². The van der Waals surface area contributed by atoms with Crippen LogP contribution in [0.25, 0.3) is 0 Å². The molecule has 2 nitrogen and oxygen atoms in total. The van der Waals surface area contributed by atoms with Crippen molar-refractivity contribution in [2.24, 2.45) is 0 Å². The SMILES string of the molecule is Cc1ccc(N2CCC(NC3CC3)C2)cc1F. The summed E-state index contributed by atoms with van der Waals surface area (Å²) in [6.45, 7) is 3.85. The number of anilines is 1. The van der Waals surface area contributed by atoms with Gasteiger partial charge in [-0.3, -0.25) is 0 Å². The third-order valence-corrected chi connectivity index (χ3v) is 3.76. The van der Waals surface area contributed by atoms with Crippen LogP contribution in [0.2, 0.25) is 0 Å². The molecule has 1 aromatic rings. The van der Waals surface area contributed by atoms with Crippen molar-refractivity contribution in [3.05, 3.63) is 29.6 Å². The molecular weight excluding hydrogens is 215 g/mol. The number of rotatable bonds is 3. The molecule has 1 aromatic carbocycles. The Morgan fingerprint density at radius 2 is 2.06 bits per heavy atom. The molecule has 1 heterocycles. The molecule has 0 bridgehead atoms. The maximum atomic E-state index is 13.5. The van der Waals surface area contributed by atoms with Gasteiger partial charge < -0.3 is 10.2 Å². The predicted octanol–water partition coefficient (Wildman–Crippen LogP) is 2.46. The molecule has 3 rings (SSSR count). The quantitative estimate of drug-likeness (QED) is 0.864. The second-order valence-electron chi connectivity index (χ2n) is 5.31. The zero-order valence-corrected chi connectivity index (χ0v) is 10.2. The first-order valence-corrected chi connectivity index (χ1v) is 6.49. The molecule has 1 saturated carbocycles. The molecule has 2 aliphatic rings. The fourth-order valence-electron chi connectivity index (χ4n) is 2.49. The van der Waals surface area contributed by atoms with Gasteiger partial charge in [0.25, 0.3) is 0 Å². The molecule has 1 unspecified atom stereocenters. The highest BCUT2D eigenvalue weighted by Crippen LogP contribution is 2.25. The van der Waals surface area contributed by atoms with Gasteiger partial charge in [0.15, 0.2) is 0 Å². The summed E-state index contributed by atoms with van der Waals surface area (Å²) in [4.78, 5) is 2.28. The smallest absolute Gasteiger partial charge is 0.128 e. The fraction of sp³-hybridized carbons (Fsp3) is 0.571. The summed E-state index contributed by atoms with van der Waals surface area (Å²) in [5.74, 6) is -0.0962. The van der Waals surface area contributed by atoms with Gasteiger partial charge in [-0.2, -0.15) is 0 Å². The van der Waals surface area contributed by atoms with E-state index in [2.05, 4.69) is 10.2 Å². The third-order valence-electron chi connectivity index (χ3n) is 3.76. The second-order valence-corrected chi connectivity index (χ2v) is 5.31. The summed E-state index contributed by atoms with van der Waals surface area (Å²) in [6, 6.07) is 6.90. The lowest BCUT2D eigenvalue weighted by molar-refractivity contribution is 0.548. The van der Waals surface area contributed by atoms with Gasteiger partial charge in [0.05, 0.1) is 0 Å². The van der Waals surface area contributed by atoms with Crippen molar-refractivity contribution in [1.29, 1.82) is 0 Å². The fourth-order valence-corrected chi connectivity index (χ4v) is 2.49. The average Bonchev–Trinajstić information content (AvgIpc) is 2.99. The van der Waals surface area contributed by atoms with E-state index in [1.165, 1.54) is 19.3 Å². The van der Waals surface area contributed by atoms with Gasteiger partial charge in [-0.25, -0.2) is 4.39 Å². The summed E-state index contributed by atoms with van der Waals surface area (Å²) in [5, 5.41) is 3.64. The molecule has 1 atom stereocenters. The first kappa shape index (κ1) is 11.0. The molecule has 0 amide bonds. The summed E-state index contributed by atoms with van der Waals surface area (Å²) in [6.07, 6.45) is 3.83. The Labute approximate surface area is 102 Å². The highest BCUT2D eigenvalue weighted by Gasteiger charge is 2.29. The summed E-state index contributed by atoms with van der Waals surface area (Å²) < 4.78 is 13.5. The van der Waals surface area contributed by atoms with E-state index in [-0.39, 0.29) is 5.82 Å². The molecule has 92 valence electrons. The van der Waals surface area contributed by atoms with Crippen molar-refractivity contribution >= 4 is 5.69 Å². The highest BCUT2D eigenvalue weighted by molar-refractivity contribution is 5.49. The Bertz CT molecular complexity index is 415. The average molecular weight is 234 g/mol. The molecule has 1 saturated heterocycles. The zero-order valence-electron chi connectivity index (χ0n) is 10.2. The van der Waals surface area contributed by atoms with Crippen molar-refractivity contribution in [3.8, 4) is 0 Å². The largest absolute Gasteiger partial charge is 0.370 e. The van der Waals surface area contributed by atoms with E-state index >= 15 is 0 Å². The number of nitrogens with one attached hydrogen (secondary N) is 1. The van der Waals surface area contributed by atoms with E-state index in [9.17, 15) is 4.39 Å². The number of benzene rings is 1. The van der Waals surface area contributed by atoms with E-state index in [0.29, 0.717) is 6.04 Å². The number of hydrogen-bond acceptors (Lipinski definition) is 2. The molecule has 3 heteroatoms. The Morgan fingerprint density at radius 1 is 1.24 bits per heavy atom. The molecule has 17 heavy (non-hydrogen) atoms. The predicted molar refractivity (Wildman–Crippen MR) is 67.9 cm³/mol. The van der Waals surface area contributed by atoms with Crippen LogP contribution in [0, 0.1) is 12.7 Å². The van der Waals surface area contributed by atoms with Gasteiger partial charge in [0.1, 0.15) is 5.82 Å². The van der Waals surface area contributed by atoms with Gasteiger partial charge in [0, 0.05) is 30.9 Å². The van der Waals surface area contributed by atoms with E-state index in [0.717, 1.165) is 30.4 Å². The molecule has 1 aliphatic heterocycles. The zero-order chi connectivity index (χ0) is 11.8. The Kier molecular flexibility index (Phi) is 2.79. The minimum absolute atomic E-state index is 0.0962. The van der Waals surface area contributed by atoms with Crippen LogP contribution < -0.4 is 10.2 Å². The normalized spacial score (nSPS) is 24.4. The Hall–Kier alpha value is -1.09. The lowest BCUT2D eigenvalue weighted by atomic mass is 10.2. The molecule has 0 radical (unpaired) electrons. The van der Waals surface area contributed by atoms with Crippen LogP contribution >= 0.6 is 0 Å². The Balaban J connectivity index is 1.66. The van der Waals surface area contributed by atoms with E-state index in [4.69, 9.17) is 0 Å². The summed E-state index contributed by atoms with van der Waals surface area (Å²) in [5.41, 5.74) is 1.74. The van der Waals surface area contributed by atoms with Crippen molar-refractivity contribution in [2.75, 3.05) is 18.0 Å². The highest BCUT2D eigenvalue weighted by atomic mass is 19.1. The standard InChI is InChI=1S/C14H19FN2/c1-10-2-5-13(8-14(10)15)17-7-6-12(9-17)16-11-3-4-11/h2,5,8,11-12,16H,3-4,6-7,9H2,1H3. The molecular formula is C14H19FN2. The molecule has 1 aliphatic carbocycles. The number of aryl methyl sites for hydroxylation is 1. The summed E-state index contributed by atoms with van der Waals surface area (Å²) in [7, 11) is 0. The van der Waals surface area contributed by atoms with Crippen LogP contribution in [-0.4, -0.2) is 25.2 Å². The maximum Gasteiger partial charge on any atom is 0.128 e. The van der Waals surface area contributed by atoms with E-state index in [1.54, 1.807) is 13.0 Å². The van der Waals surface area contributed by atoms with Gasteiger partial charge in [-0.05, 0) is 43.9 Å². The lowest BCUT2D eigenvalue weighted by Crippen LogP contribution is -2.33. The second kappa shape index (κ2) is 4.30. The van der Waals surface area contributed by atoms with Crippen LogP contribution in [0.4, 0.5) is 10.1 Å². The van der Waals surface area contributed by atoms with Crippen LogP contribution in [0.5, 0.6) is 0 Å². The minimum Gasteiger partial charge on any atom is -0.370 e. The van der Waals surface area contributed by atoms with Crippen LogP contribution in [-0.2, 0) is 0 Å². The van der Waals surface area contributed by atoms with Gasteiger partial charge in [-0.15, -0.1) is 0 Å². The molecule has 1 N–H and O–H groups in total. The minimum atomic E-state index is -0.0962. The van der Waals surface area contributed by atoms with Crippen molar-refractivity contribution in [3.63, 3.8) is 0 Å². The van der Waals surface area contributed by atoms with E-state index in [1.807, 2.05) is 12.1 Å². The third kappa shape index (κ3) is 2.44. The first-order chi connectivity index (χ1) is 8.22. The number of nitrogens with zero attached hydrogens (tertiary/aromatic N) is 1. The van der Waals surface area contributed by atoms with Crippen molar-refractivity contribution in [1.82, 2.24) is 5.32 Å². The van der Waals surface area contributed by atoms with E-state index < -0.39 is 0 Å². The van der Waals surface area contributed by atoms with Crippen LogP contribution in [0.15, 0.2) is 18.2 Å². The lowest BCUT2D eigenvalue weighted by Gasteiger charge is -2.19. The summed E-state index contributed by atoms with van der Waals surface area (Å²) >= 11 is 0. The van der Waals surface area contributed by atoms with Crippen molar-refractivity contribution < 1.29 is 4.39 Å². The molecule has 0 aromatic heterocycles. The number of halogens is 1. The first-order valence-electron chi connectivity index (χ1n) is 6.49. The van der Waals surface area contributed by atoms with Gasteiger partial charge in [0.2, 0.25) is 0 Å². The maximum absolute atomic E-state index is 13.5. The van der Waals surface area contributed by atoms with Crippen molar-refractivity contribution in [2.45, 2.75) is 38.3 Å². The monoisotopic (exact) mass is 234 g/mol. The Morgan fingerprint density at radius 3 is 2.76 bits per heavy atom. The molecule has 0 spiro atoms. The number of hydrogen-bond donors (Lipinski definition) is 1. The van der Waals surface area contributed by atoms with Gasteiger partial charge in [-0.1, -0.05) is 6.07 Å². The topological polar surface area (TPSA) is 15.3 Å². The van der Waals surface area contributed by atoms with Crippen LogP contribution in [0.1, 0.15) is 24.8 Å². The van der Waals surface area contributed by atoms with Crippen LogP contribution in [0.3, 0.4) is 0 Å². The molecule has 2 fully saturated rings.